The lowest BCUT2D eigenvalue weighted by atomic mass is 10.1. The summed E-state index contributed by atoms with van der Waals surface area (Å²) in [5, 5.41) is 0. The largest absolute Gasteiger partial charge is 0.488 e. The highest BCUT2D eigenvalue weighted by Crippen LogP contribution is 2.27. The van der Waals surface area contributed by atoms with Gasteiger partial charge < -0.3 is 15.2 Å². The van der Waals surface area contributed by atoms with Crippen molar-refractivity contribution in [2.45, 2.75) is 25.5 Å². The zero-order valence-corrected chi connectivity index (χ0v) is 10.9. The van der Waals surface area contributed by atoms with Gasteiger partial charge in [0, 0.05) is 16.9 Å². The molecule has 1 aliphatic rings. The maximum absolute atomic E-state index is 5.84. The minimum absolute atomic E-state index is 0.0261. The quantitative estimate of drug-likeness (QED) is 0.929. The topological polar surface area (TPSA) is 44.5 Å². The van der Waals surface area contributed by atoms with Crippen LogP contribution >= 0.6 is 15.9 Å². The van der Waals surface area contributed by atoms with Crippen molar-refractivity contribution in [1.82, 2.24) is 0 Å². The number of hydrogen-bond acceptors (Lipinski definition) is 3. The van der Waals surface area contributed by atoms with Crippen LogP contribution in [0.5, 0.6) is 5.75 Å². The molecule has 1 fully saturated rings. The molecule has 2 atom stereocenters. The van der Waals surface area contributed by atoms with E-state index in [2.05, 4.69) is 15.9 Å². The van der Waals surface area contributed by atoms with Crippen LogP contribution in [0.2, 0.25) is 0 Å². The zero-order valence-electron chi connectivity index (χ0n) is 9.28. The number of benzene rings is 1. The standard InChI is InChI=1S/C12H16BrNO2/c1-8(14)11-3-2-9(6-12(11)13)16-10-4-5-15-7-10/h2-3,6,8,10H,4-5,7,14H2,1H3. The normalized spacial score (nSPS) is 22.1. The van der Waals surface area contributed by atoms with Crippen molar-refractivity contribution in [2.75, 3.05) is 13.2 Å². The number of hydrogen-bond donors (Lipinski definition) is 1. The summed E-state index contributed by atoms with van der Waals surface area (Å²) in [5.74, 6) is 0.867. The van der Waals surface area contributed by atoms with Crippen LogP contribution in [0.1, 0.15) is 24.9 Å². The van der Waals surface area contributed by atoms with Crippen LogP contribution in [0.3, 0.4) is 0 Å². The highest BCUT2D eigenvalue weighted by Gasteiger charge is 2.17. The van der Waals surface area contributed by atoms with Crippen molar-refractivity contribution in [2.24, 2.45) is 5.73 Å². The molecule has 0 spiro atoms. The average molecular weight is 286 g/mol. The van der Waals surface area contributed by atoms with Gasteiger partial charge in [0.2, 0.25) is 0 Å². The second-order valence-corrected chi connectivity index (χ2v) is 4.93. The SMILES string of the molecule is CC(N)c1ccc(OC2CCOC2)cc1Br. The molecule has 0 aromatic heterocycles. The number of halogens is 1. The Morgan fingerprint density at radius 2 is 2.38 bits per heavy atom. The Morgan fingerprint density at radius 1 is 1.56 bits per heavy atom. The van der Waals surface area contributed by atoms with Gasteiger partial charge in [0.1, 0.15) is 11.9 Å². The van der Waals surface area contributed by atoms with E-state index in [9.17, 15) is 0 Å². The molecule has 88 valence electrons. The Hall–Kier alpha value is -0.580. The first-order valence-corrected chi connectivity index (χ1v) is 6.25. The zero-order chi connectivity index (χ0) is 11.5. The molecule has 4 heteroatoms. The summed E-state index contributed by atoms with van der Waals surface area (Å²) in [6.07, 6.45) is 1.15. The molecule has 0 amide bonds. The molecule has 1 aromatic carbocycles. The van der Waals surface area contributed by atoms with Crippen LogP contribution in [-0.4, -0.2) is 19.3 Å². The second-order valence-electron chi connectivity index (χ2n) is 4.08. The molecule has 0 aliphatic carbocycles. The summed E-state index contributed by atoms with van der Waals surface area (Å²) in [5.41, 5.74) is 6.93. The fraction of sp³-hybridized carbons (Fsp3) is 0.500. The van der Waals surface area contributed by atoms with Crippen LogP contribution in [-0.2, 0) is 4.74 Å². The molecule has 1 aromatic rings. The molecule has 1 saturated heterocycles. The van der Waals surface area contributed by atoms with E-state index in [1.54, 1.807) is 0 Å². The van der Waals surface area contributed by atoms with E-state index < -0.39 is 0 Å². The molecule has 16 heavy (non-hydrogen) atoms. The third kappa shape index (κ3) is 2.75. The lowest BCUT2D eigenvalue weighted by Gasteiger charge is -2.14. The first-order chi connectivity index (χ1) is 7.66. The lowest BCUT2D eigenvalue weighted by molar-refractivity contribution is 0.141. The van der Waals surface area contributed by atoms with E-state index in [-0.39, 0.29) is 12.1 Å². The number of rotatable bonds is 3. The van der Waals surface area contributed by atoms with Crippen molar-refractivity contribution in [3.63, 3.8) is 0 Å². The Kier molecular flexibility index (Phi) is 3.84. The fourth-order valence-corrected chi connectivity index (χ4v) is 2.47. The molecule has 2 rings (SSSR count). The minimum Gasteiger partial charge on any atom is -0.488 e. The van der Waals surface area contributed by atoms with Gasteiger partial charge in [0.25, 0.3) is 0 Å². The highest BCUT2D eigenvalue weighted by atomic mass is 79.9. The first-order valence-electron chi connectivity index (χ1n) is 5.46. The lowest BCUT2D eigenvalue weighted by Crippen LogP contribution is -2.15. The number of nitrogens with two attached hydrogens (primary N) is 1. The Labute approximate surface area is 104 Å². The Bertz CT molecular complexity index is 362. The monoisotopic (exact) mass is 285 g/mol. The summed E-state index contributed by atoms with van der Waals surface area (Å²) >= 11 is 3.51. The van der Waals surface area contributed by atoms with Gasteiger partial charge in [-0.25, -0.2) is 0 Å². The maximum atomic E-state index is 5.84. The molecule has 2 unspecified atom stereocenters. The Balaban J connectivity index is 2.08. The van der Waals surface area contributed by atoms with Crippen molar-refractivity contribution in [3.05, 3.63) is 28.2 Å². The molecular formula is C12H16BrNO2. The summed E-state index contributed by atoms with van der Waals surface area (Å²) in [4.78, 5) is 0. The van der Waals surface area contributed by atoms with Gasteiger partial charge in [-0.3, -0.25) is 0 Å². The number of ether oxygens (including phenoxy) is 2. The second kappa shape index (κ2) is 5.17. The van der Waals surface area contributed by atoms with Crippen molar-refractivity contribution < 1.29 is 9.47 Å². The third-order valence-corrected chi connectivity index (χ3v) is 3.34. The van der Waals surface area contributed by atoms with Gasteiger partial charge in [-0.05, 0) is 24.6 Å². The average Bonchev–Trinajstić information content (AvgIpc) is 2.70. The van der Waals surface area contributed by atoms with Crippen LogP contribution in [0.25, 0.3) is 0 Å². The van der Waals surface area contributed by atoms with Crippen LogP contribution < -0.4 is 10.5 Å². The summed E-state index contributed by atoms with van der Waals surface area (Å²) in [6, 6.07) is 5.96. The minimum atomic E-state index is 0.0261. The van der Waals surface area contributed by atoms with E-state index in [0.717, 1.165) is 28.8 Å². The molecule has 3 nitrogen and oxygen atoms in total. The molecule has 1 heterocycles. The summed E-state index contributed by atoms with van der Waals surface area (Å²) < 4.78 is 12.1. The molecule has 0 bridgehead atoms. The summed E-state index contributed by atoms with van der Waals surface area (Å²) in [7, 11) is 0. The smallest absolute Gasteiger partial charge is 0.124 e. The van der Waals surface area contributed by atoms with Crippen LogP contribution in [0, 0.1) is 0 Å². The van der Waals surface area contributed by atoms with Crippen LogP contribution in [0.15, 0.2) is 22.7 Å². The molecule has 2 N–H and O–H groups in total. The van der Waals surface area contributed by atoms with E-state index in [1.807, 2.05) is 25.1 Å². The highest BCUT2D eigenvalue weighted by molar-refractivity contribution is 9.10. The summed E-state index contributed by atoms with van der Waals surface area (Å²) in [6.45, 7) is 3.45. The predicted octanol–water partition coefficient (Wildman–Crippen LogP) is 2.64. The van der Waals surface area contributed by atoms with E-state index in [4.69, 9.17) is 15.2 Å². The van der Waals surface area contributed by atoms with Gasteiger partial charge >= 0.3 is 0 Å². The van der Waals surface area contributed by atoms with Crippen molar-refractivity contribution in [1.29, 1.82) is 0 Å². The third-order valence-electron chi connectivity index (χ3n) is 2.65. The molecule has 1 aliphatic heterocycles. The molecule has 0 saturated carbocycles. The molecule has 0 radical (unpaired) electrons. The van der Waals surface area contributed by atoms with E-state index in [0.29, 0.717) is 6.61 Å². The predicted molar refractivity (Wildman–Crippen MR) is 66.6 cm³/mol. The van der Waals surface area contributed by atoms with Crippen molar-refractivity contribution >= 4 is 15.9 Å². The van der Waals surface area contributed by atoms with Gasteiger partial charge in [-0.15, -0.1) is 0 Å². The maximum Gasteiger partial charge on any atom is 0.124 e. The van der Waals surface area contributed by atoms with E-state index in [1.165, 1.54) is 0 Å². The van der Waals surface area contributed by atoms with E-state index >= 15 is 0 Å². The molecular weight excluding hydrogens is 270 g/mol. The Morgan fingerprint density at radius 3 is 2.94 bits per heavy atom. The first kappa shape index (κ1) is 11.9. The van der Waals surface area contributed by atoms with Gasteiger partial charge in [0.05, 0.1) is 13.2 Å². The van der Waals surface area contributed by atoms with Crippen LogP contribution in [0.4, 0.5) is 0 Å². The fourth-order valence-electron chi connectivity index (χ4n) is 1.75. The van der Waals surface area contributed by atoms with Crippen molar-refractivity contribution in [3.8, 4) is 5.75 Å². The van der Waals surface area contributed by atoms with Gasteiger partial charge in [-0.1, -0.05) is 22.0 Å². The van der Waals surface area contributed by atoms with Gasteiger partial charge in [0.15, 0.2) is 0 Å². The van der Waals surface area contributed by atoms with Gasteiger partial charge in [-0.2, -0.15) is 0 Å².